The number of halogens is 1. The van der Waals surface area contributed by atoms with Gasteiger partial charge in [0.15, 0.2) is 5.78 Å². The molecule has 0 saturated carbocycles. The van der Waals surface area contributed by atoms with Gasteiger partial charge >= 0.3 is 5.97 Å². The van der Waals surface area contributed by atoms with Gasteiger partial charge in [-0.2, -0.15) is 0 Å². The van der Waals surface area contributed by atoms with Gasteiger partial charge in [-0.05, 0) is 54.8 Å². The lowest BCUT2D eigenvalue weighted by atomic mass is 9.75. The summed E-state index contributed by atoms with van der Waals surface area (Å²) in [5.74, 6) is -0.142. The molecule has 6 nitrogen and oxygen atoms in total. The SMILES string of the molecule is COC(=O)C1=C(N)N(c2ccc(Br)cc2)C2=C(C(=O)CCC2)[C@H]1c1ccc(OC)cc1. The zero-order valence-electron chi connectivity index (χ0n) is 17.4. The van der Waals surface area contributed by atoms with Crippen molar-refractivity contribution in [1.29, 1.82) is 0 Å². The van der Waals surface area contributed by atoms with Crippen LogP contribution in [-0.2, 0) is 14.3 Å². The van der Waals surface area contributed by atoms with E-state index in [4.69, 9.17) is 15.2 Å². The minimum Gasteiger partial charge on any atom is -0.497 e. The number of rotatable bonds is 4. The summed E-state index contributed by atoms with van der Waals surface area (Å²) < 4.78 is 11.3. The third-order valence-corrected chi connectivity index (χ3v) is 6.26. The number of esters is 1. The van der Waals surface area contributed by atoms with Gasteiger partial charge in [0.2, 0.25) is 0 Å². The molecular weight excluding hydrogens is 460 g/mol. The standard InChI is InChI=1S/C24H23BrN2O4/c1-30-17-12-6-14(7-13-17)20-21-18(4-3-5-19(21)28)27(16-10-8-15(25)9-11-16)23(26)22(20)24(29)31-2/h6-13,20H,3-5,26H2,1-2H3/t20-/m1/s1. The fourth-order valence-corrected chi connectivity index (χ4v) is 4.58. The second kappa shape index (κ2) is 8.59. The van der Waals surface area contributed by atoms with Crippen molar-refractivity contribution in [2.75, 3.05) is 19.1 Å². The van der Waals surface area contributed by atoms with Crippen LogP contribution in [0.15, 0.2) is 75.7 Å². The second-order valence-corrected chi connectivity index (χ2v) is 8.36. The summed E-state index contributed by atoms with van der Waals surface area (Å²) in [7, 11) is 2.92. The average molecular weight is 483 g/mol. The molecule has 160 valence electrons. The van der Waals surface area contributed by atoms with Crippen LogP contribution in [0.25, 0.3) is 0 Å². The van der Waals surface area contributed by atoms with Gasteiger partial charge in [-0.1, -0.05) is 28.1 Å². The van der Waals surface area contributed by atoms with Crippen LogP contribution >= 0.6 is 15.9 Å². The Balaban J connectivity index is 1.96. The van der Waals surface area contributed by atoms with Gasteiger partial charge in [0.1, 0.15) is 11.6 Å². The third kappa shape index (κ3) is 3.74. The van der Waals surface area contributed by atoms with E-state index < -0.39 is 11.9 Å². The minimum atomic E-state index is -0.590. The van der Waals surface area contributed by atoms with Gasteiger partial charge in [-0.3, -0.25) is 9.69 Å². The molecule has 0 fully saturated rings. The lowest BCUT2D eigenvalue weighted by Gasteiger charge is -2.40. The topological polar surface area (TPSA) is 81.9 Å². The van der Waals surface area contributed by atoms with Gasteiger partial charge in [0, 0.05) is 27.9 Å². The van der Waals surface area contributed by atoms with Crippen LogP contribution in [0.1, 0.15) is 30.7 Å². The Morgan fingerprint density at radius 2 is 1.74 bits per heavy atom. The van der Waals surface area contributed by atoms with Crippen molar-refractivity contribution in [2.24, 2.45) is 5.73 Å². The predicted molar refractivity (Wildman–Crippen MR) is 121 cm³/mol. The molecule has 0 amide bonds. The molecule has 4 rings (SSSR count). The molecule has 0 radical (unpaired) electrons. The van der Waals surface area contributed by atoms with Gasteiger partial charge in [-0.15, -0.1) is 0 Å². The highest BCUT2D eigenvalue weighted by Gasteiger charge is 2.42. The first-order valence-electron chi connectivity index (χ1n) is 10.00. The predicted octanol–water partition coefficient (Wildman–Crippen LogP) is 4.41. The number of benzene rings is 2. The van der Waals surface area contributed by atoms with Crippen LogP contribution in [0.2, 0.25) is 0 Å². The number of carbonyl (C=O) groups excluding carboxylic acids is 2. The molecule has 1 aliphatic heterocycles. The van der Waals surface area contributed by atoms with E-state index in [1.54, 1.807) is 7.11 Å². The minimum absolute atomic E-state index is 0.0260. The van der Waals surface area contributed by atoms with Crippen molar-refractivity contribution in [2.45, 2.75) is 25.2 Å². The molecule has 0 aromatic heterocycles. The van der Waals surface area contributed by atoms with Crippen molar-refractivity contribution in [3.63, 3.8) is 0 Å². The van der Waals surface area contributed by atoms with Crippen molar-refractivity contribution in [1.82, 2.24) is 0 Å². The molecule has 2 aliphatic rings. The molecule has 7 heteroatoms. The fourth-order valence-electron chi connectivity index (χ4n) is 4.31. The van der Waals surface area contributed by atoms with E-state index in [1.807, 2.05) is 53.4 Å². The van der Waals surface area contributed by atoms with Crippen molar-refractivity contribution in [3.05, 3.63) is 81.2 Å². The first-order valence-corrected chi connectivity index (χ1v) is 10.8. The molecule has 1 heterocycles. The lowest BCUT2D eigenvalue weighted by molar-refractivity contribution is -0.136. The smallest absolute Gasteiger partial charge is 0.338 e. The maximum Gasteiger partial charge on any atom is 0.338 e. The van der Waals surface area contributed by atoms with Gasteiger partial charge in [-0.25, -0.2) is 4.79 Å². The Morgan fingerprint density at radius 1 is 1.06 bits per heavy atom. The number of Topliss-reactive ketones (excluding diaryl/α,β-unsaturated/α-hetero) is 1. The van der Waals surface area contributed by atoms with Gasteiger partial charge < -0.3 is 15.2 Å². The Bertz CT molecular complexity index is 1090. The summed E-state index contributed by atoms with van der Waals surface area (Å²) in [6, 6.07) is 15.0. The number of allylic oxidation sites excluding steroid dienone is 2. The summed E-state index contributed by atoms with van der Waals surface area (Å²) in [5, 5.41) is 0. The van der Waals surface area contributed by atoms with E-state index in [0.29, 0.717) is 24.2 Å². The van der Waals surface area contributed by atoms with Crippen LogP contribution in [0.5, 0.6) is 5.75 Å². The molecule has 0 spiro atoms. The number of methoxy groups -OCH3 is 2. The highest BCUT2D eigenvalue weighted by Crippen LogP contribution is 2.47. The fraction of sp³-hybridized carbons (Fsp3) is 0.250. The normalized spacial score (nSPS) is 18.7. The summed E-state index contributed by atoms with van der Waals surface area (Å²) in [6.45, 7) is 0. The summed E-state index contributed by atoms with van der Waals surface area (Å²) in [5.41, 5.74) is 9.92. The third-order valence-electron chi connectivity index (χ3n) is 5.73. The molecule has 2 N–H and O–H groups in total. The zero-order chi connectivity index (χ0) is 22.1. The number of ether oxygens (including phenoxy) is 2. The number of carbonyl (C=O) groups is 2. The van der Waals surface area contributed by atoms with E-state index in [-0.39, 0.29) is 17.2 Å². The molecule has 1 aliphatic carbocycles. The maximum atomic E-state index is 13.2. The van der Waals surface area contributed by atoms with Gasteiger partial charge in [0.05, 0.1) is 25.7 Å². The molecule has 0 unspecified atom stereocenters. The number of hydrogen-bond donors (Lipinski definition) is 1. The quantitative estimate of drug-likeness (QED) is 0.649. The Kier molecular flexibility index (Phi) is 5.87. The average Bonchev–Trinajstić information content (AvgIpc) is 2.79. The second-order valence-electron chi connectivity index (χ2n) is 7.45. The number of hydrogen-bond acceptors (Lipinski definition) is 6. The monoisotopic (exact) mass is 482 g/mol. The first-order chi connectivity index (χ1) is 15.0. The van der Waals surface area contributed by atoms with Gasteiger partial charge in [0.25, 0.3) is 0 Å². The van der Waals surface area contributed by atoms with Crippen LogP contribution in [-0.4, -0.2) is 26.0 Å². The van der Waals surface area contributed by atoms with E-state index in [1.165, 1.54) is 7.11 Å². The molecular formula is C24H23BrN2O4. The maximum absolute atomic E-state index is 13.2. The molecule has 2 aromatic rings. The largest absolute Gasteiger partial charge is 0.497 e. The van der Waals surface area contributed by atoms with Crippen LogP contribution in [0, 0.1) is 0 Å². The number of ketones is 1. The molecule has 1 atom stereocenters. The van der Waals surface area contributed by atoms with Crippen molar-refractivity contribution in [3.8, 4) is 5.75 Å². The first kappa shape index (κ1) is 21.2. The summed E-state index contributed by atoms with van der Waals surface area (Å²) in [6.07, 6.45) is 1.87. The van der Waals surface area contributed by atoms with E-state index in [0.717, 1.165) is 27.8 Å². The zero-order valence-corrected chi connectivity index (χ0v) is 18.9. The Labute approximate surface area is 189 Å². The molecule has 31 heavy (non-hydrogen) atoms. The Morgan fingerprint density at radius 3 is 2.35 bits per heavy atom. The summed E-state index contributed by atoms with van der Waals surface area (Å²) >= 11 is 3.45. The highest BCUT2D eigenvalue weighted by molar-refractivity contribution is 9.10. The lowest BCUT2D eigenvalue weighted by Crippen LogP contribution is -2.40. The Hall–Kier alpha value is -3.06. The highest BCUT2D eigenvalue weighted by atomic mass is 79.9. The van der Waals surface area contributed by atoms with Crippen molar-refractivity contribution < 1.29 is 19.1 Å². The molecule has 0 bridgehead atoms. The van der Waals surface area contributed by atoms with Crippen LogP contribution in [0.3, 0.4) is 0 Å². The van der Waals surface area contributed by atoms with E-state index >= 15 is 0 Å². The van der Waals surface area contributed by atoms with Crippen LogP contribution < -0.4 is 15.4 Å². The number of nitrogens with zero attached hydrogens (tertiary/aromatic N) is 1. The van der Waals surface area contributed by atoms with Crippen molar-refractivity contribution >= 4 is 33.4 Å². The van der Waals surface area contributed by atoms with E-state index in [9.17, 15) is 9.59 Å². The molecule has 0 saturated heterocycles. The van der Waals surface area contributed by atoms with Crippen LogP contribution in [0.4, 0.5) is 5.69 Å². The number of anilines is 1. The molecule has 2 aromatic carbocycles. The number of nitrogens with two attached hydrogens (primary N) is 1. The van der Waals surface area contributed by atoms with E-state index in [2.05, 4.69) is 15.9 Å². The summed E-state index contributed by atoms with van der Waals surface area (Å²) in [4.78, 5) is 28.0.